The van der Waals surface area contributed by atoms with Crippen LogP contribution in [0.25, 0.3) is 11.1 Å². The third-order valence-corrected chi connectivity index (χ3v) is 3.48. The molecule has 0 aliphatic carbocycles. The highest BCUT2D eigenvalue weighted by molar-refractivity contribution is 6.31. The molecule has 21 heavy (non-hydrogen) atoms. The largest absolute Gasteiger partial charge is 0.417 e. The number of aromatic nitrogens is 2. The first kappa shape index (κ1) is 13.2. The molecule has 0 fully saturated rings. The van der Waals surface area contributed by atoms with E-state index >= 15 is 0 Å². The van der Waals surface area contributed by atoms with E-state index in [2.05, 4.69) is 4.98 Å². The van der Waals surface area contributed by atoms with Gasteiger partial charge in [-0.2, -0.15) is 5.26 Å². The fraction of sp³-hybridized carbons (Fsp3) is 0.0714. The van der Waals surface area contributed by atoms with Gasteiger partial charge in [0.05, 0.1) is 18.2 Å². The highest BCUT2D eigenvalue weighted by atomic mass is 35.5. The van der Waals surface area contributed by atoms with Crippen LogP contribution in [0.1, 0.15) is 11.1 Å². The summed E-state index contributed by atoms with van der Waals surface area (Å²) in [6, 6.07) is 8.51. The minimum Gasteiger partial charge on any atom is -0.408 e. The lowest BCUT2D eigenvalue weighted by molar-refractivity contribution is 0.555. The van der Waals surface area contributed by atoms with Crippen LogP contribution in [0.2, 0.25) is 5.02 Å². The van der Waals surface area contributed by atoms with E-state index in [1.165, 1.54) is 16.8 Å². The Bertz CT molecular complexity index is 991. The Morgan fingerprint density at radius 1 is 1.33 bits per heavy atom. The van der Waals surface area contributed by atoms with Gasteiger partial charge in [-0.1, -0.05) is 17.7 Å². The van der Waals surface area contributed by atoms with Gasteiger partial charge in [0.25, 0.3) is 5.56 Å². The second kappa shape index (κ2) is 4.96. The first-order valence-corrected chi connectivity index (χ1v) is 6.37. The van der Waals surface area contributed by atoms with E-state index < -0.39 is 11.3 Å². The van der Waals surface area contributed by atoms with E-state index in [4.69, 9.17) is 21.3 Å². The lowest BCUT2D eigenvalue weighted by Gasteiger charge is -2.09. The average Bonchev–Trinajstić information content (AvgIpc) is 2.85. The molecule has 3 aromatic rings. The fourth-order valence-corrected chi connectivity index (χ4v) is 2.34. The molecule has 7 heteroatoms. The van der Waals surface area contributed by atoms with E-state index in [9.17, 15) is 9.59 Å². The molecule has 0 radical (unpaired) electrons. The molecule has 0 bridgehead atoms. The number of fused-ring (bicyclic) bond motifs is 1. The van der Waals surface area contributed by atoms with Crippen LogP contribution in [0.4, 0.5) is 0 Å². The number of aromatic amines is 1. The maximum absolute atomic E-state index is 12.3. The van der Waals surface area contributed by atoms with Gasteiger partial charge in [0, 0.05) is 16.8 Å². The van der Waals surface area contributed by atoms with Crippen LogP contribution in [-0.4, -0.2) is 9.55 Å². The van der Waals surface area contributed by atoms with Crippen molar-refractivity contribution in [2.45, 2.75) is 6.54 Å². The van der Waals surface area contributed by atoms with E-state index in [0.29, 0.717) is 16.1 Å². The van der Waals surface area contributed by atoms with Crippen LogP contribution in [0.5, 0.6) is 0 Å². The van der Waals surface area contributed by atoms with Crippen molar-refractivity contribution < 1.29 is 4.42 Å². The number of halogens is 1. The van der Waals surface area contributed by atoms with Gasteiger partial charge in [0.2, 0.25) is 0 Å². The maximum atomic E-state index is 12.3. The summed E-state index contributed by atoms with van der Waals surface area (Å²) >= 11 is 6.09. The van der Waals surface area contributed by atoms with Crippen molar-refractivity contribution in [3.8, 4) is 6.07 Å². The smallest absolute Gasteiger partial charge is 0.408 e. The molecular formula is C14H8ClN3O3. The summed E-state index contributed by atoms with van der Waals surface area (Å²) in [5.41, 5.74) is 0.820. The molecule has 104 valence electrons. The highest BCUT2D eigenvalue weighted by Crippen LogP contribution is 2.20. The quantitative estimate of drug-likeness (QED) is 0.782. The SMILES string of the molecule is N#Cc1cccc(Cl)c1Cn1ccc2oc(=O)[nH]c2c1=O. The Hall–Kier alpha value is -2.78. The van der Waals surface area contributed by atoms with Crippen molar-refractivity contribution in [2.24, 2.45) is 0 Å². The number of hydrogen-bond donors (Lipinski definition) is 1. The summed E-state index contributed by atoms with van der Waals surface area (Å²) in [4.78, 5) is 25.7. The number of nitriles is 1. The van der Waals surface area contributed by atoms with Crippen molar-refractivity contribution in [3.05, 3.63) is 67.5 Å². The zero-order valence-corrected chi connectivity index (χ0v) is 11.3. The van der Waals surface area contributed by atoms with Crippen molar-refractivity contribution in [3.63, 3.8) is 0 Å². The summed E-state index contributed by atoms with van der Waals surface area (Å²) < 4.78 is 6.18. The molecule has 2 heterocycles. The minimum atomic E-state index is -0.685. The third-order valence-electron chi connectivity index (χ3n) is 3.12. The molecule has 1 aromatic carbocycles. The van der Waals surface area contributed by atoms with Crippen LogP contribution in [0, 0.1) is 11.3 Å². The van der Waals surface area contributed by atoms with E-state index in [1.807, 2.05) is 6.07 Å². The van der Waals surface area contributed by atoms with Crippen LogP contribution in [-0.2, 0) is 6.54 Å². The fourth-order valence-electron chi connectivity index (χ4n) is 2.10. The first-order chi connectivity index (χ1) is 10.1. The van der Waals surface area contributed by atoms with Crippen molar-refractivity contribution in [1.29, 1.82) is 5.26 Å². The van der Waals surface area contributed by atoms with Crippen molar-refractivity contribution >= 4 is 22.7 Å². The van der Waals surface area contributed by atoms with Gasteiger partial charge in [-0.3, -0.25) is 9.78 Å². The number of nitrogens with one attached hydrogen (secondary N) is 1. The predicted molar refractivity (Wildman–Crippen MR) is 76.4 cm³/mol. The number of nitrogens with zero attached hydrogens (tertiary/aromatic N) is 2. The number of rotatable bonds is 2. The molecule has 0 aliphatic heterocycles. The topological polar surface area (TPSA) is 91.8 Å². The highest BCUT2D eigenvalue weighted by Gasteiger charge is 2.12. The Morgan fingerprint density at radius 2 is 2.14 bits per heavy atom. The summed E-state index contributed by atoms with van der Waals surface area (Å²) in [7, 11) is 0. The summed E-state index contributed by atoms with van der Waals surface area (Å²) in [5.74, 6) is -0.685. The second-order valence-corrected chi connectivity index (χ2v) is 4.79. The van der Waals surface area contributed by atoms with Gasteiger partial charge >= 0.3 is 5.76 Å². The zero-order chi connectivity index (χ0) is 15.0. The number of benzene rings is 1. The van der Waals surface area contributed by atoms with Crippen molar-refractivity contribution in [2.75, 3.05) is 0 Å². The number of hydrogen-bond acceptors (Lipinski definition) is 4. The van der Waals surface area contributed by atoms with Crippen LogP contribution >= 0.6 is 11.6 Å². The molecule has 0 saturated heterocycles. The van der Waals surface area contributed by atoms with E-state index in [-0.39, 0.29) is 17.6 Å². The molecule has 0 amide bonds. The molecule has 2 aromatic heterocycles. The normalized spacial score (nSPS) is 10.7. The minimum absolute atomic E-state index is 0.0908. The monoisotopic (exact) mass is 301 g/mol. The van der Waals surface area contributed by atoms with Gasteiger partial charge in [-0.05, 0) is 18.2 Å². The van der Waals surface area contributed by atoms with E-state index in [1.54, 1.807) is 18.2 Å². The van der Waals surface area contributed by atoms with Crippen molar-refractivity contribution in [1.82, 2.24) is 9.55 Å². The molecular weight excluding hydrogens is 294 g/mol. The standard InChI is InChI=1S/C14H8ClN3O3/c15-10-3-1-2-8(6-16)9(10)7-18-5-4-11-12(13(18)19)17-14(20)21-11/h1-5H,7H2,(H,17,20). The van der Waals surface area contributed by atoms with Gasteiger partial charge in [0.15, 0.2) is 11.1 Å². The van der Waals surface area contributed by atoms with Gasteiger partial charge in [0.1, 0.15) is 0 Å². The lowest BCUT2D eigenvalue weighted by Crippen LogP contribution is -2.21. The Balaban J connectivity index is 2.15. The maximum Gasteiger partial charge on any atom is 0.417 e. The van der Waals surface area contributed by atoms with Crippen LogP contribution in [0.3, 0.4) is 0 Å². The molecule has 6 nitrogen and oxygen atoms in total. The Labute approximate surface area is 122 Å². The van der Waals surface area contributed by atoms with Gasteiger partial charge < -0.3 is 8.98 Å². The Kier molecular flexibility index (Phi) is 3.12. The third kappa shape index (κ3) is 2.24. The molecule has 0 spiro atoms. The first-order valence-electron chi connectivity index (χ1n) is 6.00. The number of pyridine rings is 1. The second-order valence-electron chi connectivity index (χ2n) is 4.38. The summed E-state index contributed by atoms with van der Waals surface area (Å²) in [5, 5.41) is 9.51. The summed E-state index contributed by atoms with van der Waals surface area (Å²) in [6.07, 6.45) is 1.49. The molecule has 0 saturated carbocycles. The average molecular weight is 302 g/mol. The summed E-state index contributed by atoms with van der Waals surface area (Å²) in [6.45, 7) is 0.130. The molecule has 0 atom stereocenters. The number of H-pyrrole nitrogens is 1. The lowest BCUT2D eigenvalue weighted by atomic mass is 10.1. The Morgan fingerprint density at radius 3 is 2.90 bits per heavy atom. The molecule has 1 N–H and O–H groups in total. The van der Waals surface area contributed by atoms with Gasteiger partial charge in [-0.25, -0.2) is 4.79 Å². The van der Waals surface area contributed by atoms with Crippen LogP contribution < -0.4 is 11.3 Å². The predicted octanol–water partition coefficient (Wildman–Crippen LogP) is 1.86. The van der Waals surface area contributed by atoms with Crippen LogP contribution in [0.15, 0.2) is 44.5 Å². The van der Waals surface area contributed by atoms with Gasteiger partial charge in [-0.15, -0.1) is 0 Å². The number of oxazole rings is 1. The molecule has 0 aliphatic rings. The van der Waals surface area contributed by atoms with E-state index in [0.717, 1.165) is 0 Å². The zero-order valence-electron chi connectivity index (χ0n) is 10.6. The molecule has 0 unspecified atom stereocenters. The molecule has 3 rings (SSSR count).